The predicted octanol–water partition coefficient (Wildman–Crippen LogP) is 1.32. The first-order valence-corrected chi connectivity index (χ1v) is 8.68. The van der Waals surface area contributed by atoms with E-state index in [4.69, 9.17) is 0 Å². The number of amides is 2. The average Bonchev–Trinajstić information content (AvgIpc) is 3.03. The molecular formula is C18H24N6O2. The Morgan fingerprint density at radius 3 is 2.85 bits per heavy atom. The Labute approximate surface area is 152 Å². The number of carbonyl (C=O) groups excluding carboxylic acids is 2. The summed E-state index contributed by atoms with van der Waals surface area (Å²) >= 11 is 0. The van der Waals surface area contributed by atoms with Gasteiger partial charge in [0, 0.05) is 32.4 Å². The molecule has 1 fully saturated rings. The first kappa shape index (κ1) is 17.9. The summed E-state index contributed by atoms with van der Waals surface area (Å²) in [7, 11) is 0. The number of aromatic nitrogens is 3. The molecule has 0 unspecified atom stereocenters. The van der Waals surface area contributed by atoms with Crippen LogP contribution in [0.15, 0.2) is 25.0 Å². The highest BCUT2D eigenvalue weighted by atomic mass is 16.2. The van der Waals surface area contributed by atoms with Crippen LogP contribution >= 0.6 is 0 Å². The van der Waals surface area contributed by atoms with Gasteiger partial charge in [-0.25, -0.2) is 9.97 Å². The van der Waals surface area contributed by atoms with E-state index in [1.165, 1.54) is 6.08 Å². The van der Waals surface area contributed by atoms with Gasteiger partial charge in [0.25, 0.3) is 5.91 Å². The fourth-order valence-corrected chi connectivity index (χ4v) is 3.33. The van der Waals surface area contributed by atoms with Crippen molar-refractivity contribution in [3.63, 3.8) is 0 Å². The number of nitrogens with one attached hydrogen (secondary N) is 2. The maximum Gasteiger partial charge on any atom is 0.255 e. The third-order valence-electron chi connectivity index (χ3n) is 4.62. The molecule has 1 aliphatic rings. The lowest BCUT2D eigenvalue weighted by Gasteiger charge is -2.47. The minimum atomic E-state index is -0.360. The molecular weight excluding hydrogens is 332 g/mol. The number of hydrogen-bond donors (Lipinski definition) is 2. The van der Waals surface area contributed by atoms with Gasteiger partial charge in [0.2, 0.25) is 5.91 Å². The van der Waals surface area contributed by atoms with E-state index in [1.807, 2.05) is 25.7 Å². The van der Waals surface area contributed by atoms with Crippen LogP contribution in [0, 0.1) is 0 Å². The molecule has 2 aromatic heterocycles. The molecule has 8 nitrogen and oxygen atoms in total. The first-order chi connectivity index (χ1) is 12.4. The van der Waals surface area contributed by atoms with Gasteiger partial charge in [0.15, 0.2) is 5.65 Å². The van der Waals surface area contributed by atoms with Crippen LogP contribution in [0.1, 0.15) is 31.1 Å². The molecule has 0 aromatic carbocycles. The molecule has 0 radical (unpaired) electrons. The van der Waals surface area contributed by atoms with Crippen molar-refractivity contribution in [3.05, 3.63) is 30.6 Å². The third kappa shape index (κ3) is 3.14. The second-order valence-corrected chi connectivity index (χ2v) is 6.92. The Hall–Kier alpha value is -2.90. The van der Waals surface area contributed by atoms with Crippen LogP contribution in [-0.4, -0.2) is 63.4 Å². The van der Waals surface area contributed by atoms with Crippen LogP contribution < -0.4 is 10.2 Å². The van der Waals surface area contributed by atoms with E-state index in [0.29, 0.717) is 48.7 Å². The van der Waals surface area contributed by atoms with Crippen LogP contribution in [0.5, 0.6) is 0 Å². The van der Waals surface area contributed by atoms with Crippen molar-refractivity contribution in [2.45, 2.75) is 26.3 Å². The van der Waals surface area contributed by atoms with E-state index in [-0.39, 0.29) is 17.4 Å². The summed E-state index contributed by atoms with van der Waals surface area (Å²) in [6.07, 6.45) is 4.67. The number of aromatic amines is 1. The lowest BCUT2D eigenvalue weighted by atomic mass is 9.98. The van der Waals surface area contributed by atoms with Crippen molar-refractivity contribution >= 4 is 28.8 Å². The largest absolute Gasteiger partial charge is 0.352 e. The summed E-state index contributed by atoms with van der Waals surface area (Å²) in [4.78, 5) is 40.2. The van der Waals surface area contributed by atoms with Crippen molar-refractivity contribution in [1.29, 1.82) is 0 Å². The molecule has 1 saturated heterocycles. The molecule has 3 rings (SSSR count). The zero-order valence-electron chi connectivity index (χ0n) is 15.4. The summed E-state index contributed by atoms with van der Waals surface area (Å²) < 4.78 is 0. The minimum absolute atomic E-state index is 0.0691. The fourth-order valence-electron chi connectivity index (χ4n) is 3.33. The molecule has 2 N–H and O–H groups in total. The molecule has 0 atom stereocenters. The lowest BCUT2D eigenvalue weighted by Crippen LogP contribution is -2.61. The number of rotatable bonds is 4. The van der Waals surface area contributed by atoms with E-state index in [0.717, 1.165) is 0 Å². The molecule has 0 aliphatic carbocycles. The summed E-state index contributed by atoms with van der Waals surface area (Å²) in [5.41, 5.74) is 1.25. The number of nitrogens with zero attached hydrogens (tertiary/aromatic N) is 4. The zero-order chi connectivity index (χ0) is 18.9. The Balaban J connectivity index is 1.89. The smallest absolute Gasteiger partial charge is 0.255 e. The van der Waals surface area contributed by atoms with Crippen LogP contribution in [0.2, 0.25) is 0 Å². The molecule has 0 spiro atoms. The summed E-state index contributed by atoms with van der Waals surface area (Å²) in [6, 6.07) is 0. The maximum atomic E-state index is 12.2. The van der Waals surface area contributed by atoms with Crippen LogP contribution in [-0.2, 0) is 4.79 Å². The molecule has 1 aliphatic heterocycles. The van der Waals surface area contributed by atoms with E-state index >= 15 is 0 Å². The number of fused-ring (bicyclic) bond motifs is 1. The second kappa shape index (κ2) is 6.78. The minimum Gasteiger partial charge on any atom is -0.352 e. The lowest BCUT2D eigenvalue weighted by molar-refractivity contribution is -0.131. The quantitative estimate of drug-likeness (QED) is 0.806. The van der Waals surface area contributed by atoms with Gasteiger partial charge in [0.1, 0.15) is 11.3 Å². The first-order valence-electron chi connectivity index (χ1n) is 8.68. The van der Waals surface area contributed by atoms with Crippen LogP contribution in [0.3, 0.4) is 0 Å². The monoisotopic (exact) mass is 356 g/mol. The van der Waals surface area contributed by atoms with Crippen molar-refractivity contribution in [2.75, 3.05) is 31.1 Å². The van der Waals surface area contributed by atoms with E-state index in [9.17, 15) is 9.59 Å². The topological polar surface area (TPSA) is 94.2 Å². The Kier molecular flexibility index (Phi) is 4.67. The van der Waals surface area contributed by atoms with Crippen LogP contribution in [0.25, 0.3) is 11.2 Å². The van der Waals surface area contributed by atoms with E-state index in [2.05, 4.69) is 31.7 Å². The van der Waals surface area contributed by atoms with E-state index in [1.54, 1.807) is 12.4 Å². The summed E-state index contributed by atoms with van der Waals surface area (Å²) in [5.74, 6) is 0.452. The molecule has 8 heteroatoms. The Morgan fingerprint density at radius 1 is 1.42 bits per heavy atom. The normalized spacial score (nSPS) is 16.6. The average molecular weight is 356 g/mol. The second-order valence-electron chi connectivity index (χ2n) is 6.92. The highest BCUT2D eigenvalue weighted by Crippen LogP contribution is 2.26. The number of anilines is 1. The third-order valence-corrected chi connectivity index (χ3v) is 4.62. The standard InChI is InChI=1S/C18H24N6O2/c1-5-14(25)24-8-7-23(11-18(24,3)4)13-10-21-16-15(22-13)12(9-20-16)17(26)19-6-2/h5,9-10H,1,6-8,11H2,2-4H3,(H,19,26)(H,20,21). The highest BCUT2D eigenvalue weighted by Gasteiger charge is 2.36. The van der Waals surface area contributed by atoms with Gasteiger partial charge >= 0.3 is 0 Å². The number of hydrogen-bond acceptors (Lipinski definition) is 5. The molecule has 138 valence electrons. The predicted molar refractivity (Wildman–Crippen MR) is 100 cm³/mol. The van der Waals surface area contributed by atoms with Gasteiger partial charge in [0.05, 0.1) is 17.3 Å². The molecule has 0 saturated carbocycles. The number of H-pyrrole nitrogens is 1. The van der Waals surface area contributed by atoms with Gasteiger partial charge in [-0.3, -0.25) is 9.59 Å². The van der Waals surface area contributed by atoms with Gasteiger partial charge in [-0.05, 0) is 26.8 Å². The molecule has 2 amide bonds. The van der Waals surface area contributed by atoms with Crippen molar-refractivity contribution in [3.8, 4) is 0 Å². The summed E-state index contributed by atoms with van der Waals surface area (Å²) in [5, 5.41) is 2.78. The van der Waals surface area contributed by atoms with Crippen LogP contribution in [0.4, 0.5) is 5.82 Å². The number of carbonyl (C=O) groups is 2. The number of piperazine rings is 1. The molecule has 2 aromatic rings. The van der Waals surface area contributed by atoms with Crippen molar-refractivity contribution < 1.29 is 9.59 Å². The van der Waals surface area contributed by atoms with Gasteiger partial charge in [-0.1, -0.05) is 6.58 Å². The van der Waals surface area contributed by atoms with Gasteiger partial charge in [-0.2, -0.15) is 0 Å². The molecule has 26 heavy (non-hydrogen) atoms. The van der Waals surface area contributed by atoms with Crippen molar-refractivity contribution in [1.82, 2.24) is 25.2 Å². The SMILES string of the molecule is C=CC(=O)N1CCN(c2cnc3[nH]cc(C(=O)NCC)c3n2)CC1(C)C. The molecule has 3 heterocycles. The maximum absolute atomic E-state index is 12.2. The summed E-state index contributed by atoms with van der Waals surface area (Å²) in [6.45, 7) is 11.9. The van der Waals surface area contributed by atoms with E-state index < -0.39 is 0 Å². The highest BCUT2D eigenvalue weighted by molar-refractivity contribution is 6.04. The zero-order valence-corrected chi connectivity index (χ0v) is 15.4. The molecule has 0 bridgehead atoms. The van der Waals surface area contributed by atoms with Crippen molar-refractivity contribution in [2.24, 2.45) is 0 Å². The van der Waals surface area contributed by atoms with Gasteiger partial charge < -0.3 is 20.1 Å². The Bertz CT molecular complexity index is 856. The fraction of sp³-hybridized carbons (Fsp3) is 0.444. The van der Waals surface area contributed by atoms with Gasteiger partial charge in [-0.15, -0.1) is 0 Å². The Morgan fingerprint density at radius 2 is 2.19 bits per heavy atom.